The predicted octanol–water partition coefficient (Wildman–Crippen LogP) is 2.32. The fourth-order valence-electron chi connectivity index (χ4n) is 1.20. The molecule has 0 fully saturated rings. The van der Waals surface area contributed by atoms with Crippen molar-refractivity contribution < 1.29 is 4.79 Å². The maximum absolute atomic E-state index is 11.5. The van der Waals surface area contributed by atoms with Crippen molar-refractivity contribution in [1.29, 1.82) is 0 Å². The van der Waals surface area contributed by atoms with Crippen molar-refractivity contribution in [3.8, 4) is 0 Å². The van der Waals surface area contributed by atoms with Gasteiger partial charge in [-0.05, 0) is 12.1 Å². The highest BCUT2D eigenvalue weighted by Gasteiger charge is 2.04. The van der Waals surface area contributed by atoms with Crippen LogP contribution in [0.5, 0.6) is 0 Å². The van der Waals surface area contributed by atoms with Crippen LogP contribution in [0.15, 0.2) is 41.9 Å². The van der Waals surface area contributed by atoms with E-state index in [-0.39, 0.29) is 5.91 Å². The smallest absolute Gasteiger partial charge is 0.231 e. The molecule has 1 amide bonds. The summed E-state index contributed by atoms with van der Waals surface area (Å²) in [4.78, 5) is 15.6. The minimum Gasteiger partial charge on any atom is -0.326 e. The van der Waals surface area contributed by atoms with Crippen molar-refractivity contribution in [3.05, 3.63) is 46.9 Å². The highest BCUT2D eigenvalue weighted by atomic mass is 32.1. The lowest BCUT2D eigenvalue weighted by atomic mass is 10.3. The summed E-state index contributed by atoms with van der Waals surface area (Å²) >= 11 is 1.49. The average molecular weight is 218 g/mol. The Labute approximate surface area is 91.8 Å². The molecule has 0 saturated heterocycles. The minimum absolute atomic E-state index is 0.0313. The Morgan fingerprint density at radius 1 is 1.33 bits per heavy atom. The molecule has 76 valence electrons. The van der Waals surface area contributed by atoms with E-state index in [1.165, 1.54) is 11.3 Å². The Bertz CT molecular complexity index is 425. The highest BCUT2D eigenvalue weighted by Crippen LogP contribution is 2.08. The lowest BCUT2D eigenvalue weighted by molar-refractivity contribution is -0.115. The third-order valence-electron chi connectivity index (χ3n) is 1.85. The molecule has 0 radical (unpaired) electrons. The standard InChI is InChI=1S/C11H10N2OS/c14-10(8-11-12-6-7-15-11)13-9-4-2-1-3-5-9/h1-7H,8H2,(H,13,14). The third kappa shape index (κ3) is 2.89. The van der Waals surface area contributed by atoms with Crippen LogP contribution in [0.4, 0.5) is 5.69 Å². The maximum Gasteiger partial charge on any atom is 0.231 e. The van der Waals surface area contributed by atoms with Crippen LogP contribution in [0.25, 0.3) is 0 Å². The van der Waals surface area contributed by atoms with Gasteiger partial charge in [0.2, 0.25) is 5.91 Å². The van der Waals surface area contributed by atoms with Crippen molar-refractivity contribution in [2.24, 2.45) is 0 Å². The van der Waals surface area contributed by atoms with Gasteiger partial charge in [-0.3, -0.25) is 4.79 Å². The number of carbonyl (C=O) groups excluding carboxylic acids is 1. The largest absolute Gasteiger partial charge is 0.326 e. The summed E-state index contributed by atoms with van der Waals surface area (Å²) in [5.74, 6) is -0.0313. The fraction of sp³-hybridized carbons (Fsp3) is 0.0909. The monoisotopic (exact) mass is 218 g/mol. The van der Waals surface area contributed by atoms with Gasteiger partial charge in [-0.1, -0.05) is 18.2 Å². The van der Waals surface area contributed by atoms with Crippen molar-refractivity contribution >= 4 is 22.9 Å². The van der Waals surface area contributed by atoms with Crippen LogP contribution in [0, 0.1) is 0 Å². The summed E-state index contributed by atoms with van der Waals surface area (Å²) in [6.45, 7) is 0. The van der Waals surface area contributed by atoms with Crippen LogP contribution in [0.3, 0.4) is 0 Å². The Kier molecular flexibility index (Phi) is 3.09. The number of hydrogen-bond acceptors (Lipinski definition) is 3. The lowest BCUT2D eigenvalue weighted by Gasteiger charge is -2.02. The molecule has 1 heterocycles. The van der Waals surface area contributed by atoms with Gasteiger partial charge in [0.15, 0.2) is 0 Å². The fourth-order valence-corrected chi connectivity index (χ4v) is 1.82. The van der Waals surface area contributed by atoms with Crippen molar-refractivity contribution in [2.75, 3.05) is 5.32 Å². The van der Waals surface area contributed by atoms with E-state index in [0.29, 0.717) is 6.42 Å². The second kappa shape index (κ2) is 4.70. The van der Waals surface area contributed by atoms with E-state index in [2.05, 4.69) is 10.3 Å². The maximum atomic E-state index is 11.5. The molecule has 2 aromatic rings. The van der Waals surface area contributed by atoms with Gasteiger partial charge < -0.3 is 5.32 Å². The number of benzene rings is 1. The van der Waals surface area contributed by atoms with Crippen molar-refractivity contribution in [1.82, 2.24) is 4.98 Å². The molecule has 2 rings (SSSR count). The Morgan fingerprint density at radius 2 is 2.13 bits per heavy atom. The van der Waals surface area contributed by atoms with E-state index in [1.807, 2.05) is 35.7 Å². The average Bonchev–Trinajstić information content (AvgIpc) is 2.71. The number of nitrogens with zero attached hydrogens (tertiary/aromatic N) is 1. The first kappa shape index (κ1) is 9.86. The highest BCUT2D eigenvalue weighted by molar-refractivity contribution is 7.09. The molecule has 0 aliphatic rings. The predicted molar refractivity (Wildman–Crippen MR) is 60.9 cm³/mol. The van der Waals surface area contributed by atoms with E-state index in [9.17, 15) is 4.79 Å². The number of hydrogen-bond donors (Lipinski definition) is 1. The molecule has 0 bridgehead atoms. The molecule has 0 saturated carbocycles. The van der Waals surface area contributed by atoms with E-state index in [1.54, 1.807) is 6.20 Å². The first-order valence-corrected chi connectivity index (χ1v) is 5.46. The summed E-state index contributed by atoms with van der Waals surface area (Å²) < 4.78 is 0. The molecule has 0 aliphatic carbocycles. The first-order valence-electron chi connectivity index (χ1n) is 4.58. The van der Waals surface area contributed by atoms with Crippen LogP contribution in [-0.2, 0) is 11.2 Å². The summed E-state index contributed by atoms with van der Waals surface area (Å²) in [6, 6.07) is 9.41. The van der Waals surface area contributed by atoms with E-state index < -0.39 is 0 Å². The van der Waals surface area contributed by atoms with Crippen molar-refractivity contribution in [3.63, 3.8) is 0 Å². The van der Waals surface area contributed by atoms with E-state index >= 15 is 0 Å². The molecule has 1 aromatic carbocycles. The van der Waals surface area contributed by atoms with Gasteiger partial charge in [0.25, 0.3) is 0 Å². The van der Waals surface area contributed by atoms with Gasteiger partial charge in [-0.25, -0.2) is 4.98 Å². The molecule has 4 heteroatoms. The molecule has 15 heavy (non-hydrogen) atoms. The van der Waals surface area contributed by atoms with Crippen LogP contribution in [0.1, 0.15) is 5.01 Å². The molecule has 0 aliphatic heterocycles. The van der Waals surface area contributed by atoms with Gasteiger partial charge in [-0.15, -0.1) is 11.3 Å². The molecule has 1 aromatic heterocycles. The van der Waals surface area contributed by atoms with Crippen molar-refractivity contribution in [2.45, 2.75) is 6.42 Å². The van der Waals surface area contributed by atoms with Gasteiger partial charge in [0.1, 0.15) is 5.01 Å². The molecular formula is C11H10N2OS. The molecule has 1 N–H and O–H groups in total. The first-order chi connectivity index (χ1) is 7.34. The zero-order chi connectivity index (χ0) is 10.5. The van der Waals surface area contributed by atoms with Gasteiger partial charge in [0, 0.05) is 17.3 Å². The molecular weight excluding hydrogens is 208 g/mol. The SMILES string of the molecule is O=C(Cc1nccs1)Nc1ccccc1. The lowest BCUT2D eigenvalue weighted by Crippen LogP contribution is -2.13. The van der Waals surface area contributed by atoms with Crippen LogP contribution in [0.2, 0.25) is 0 Å². The zero-order valence-electron chi connectivity index (χ0n) is 8.01. The van der Waals surface area contributed by atoms with E-state index in [4.69, 9.17) is 0 Å². The minimum atomic E-state index is -0.0313. The molecule has 0 atom stereocenters. The number of thiazole rings is 1. The van der Waals surface area contributed by atoms with Crippen LogP contribution < -0.4 is 5.32 Å². The van der Waals surface area contributed by atoms with Gasteiger partial charge >= 0.3 is 0 Å². The number of anilines is 1. The van der Waals surface area contributed by atoms with Gasteiger partial charge in [0.05, 0.1) is 6.42 Å². The summed E-state index contributed by atoms with van der Waals surface area (Å²) in [5, 5.41) is 5.51. The number of carbonyl (C=O) groups is 1. The molecule has 0 spiro atoms. The zero-order valence-corrected chi connectivity index (χ0v) is 8.83. The number of aromatic nitrogens is 1. The van der Waals surface area contributed by atoms with E-state index in [0.717, 1.165) is 10.7 Å². The summed E-state index contributed by atoms with van der Waals surface area (Å²) in [5.41, 5.74) is 0.819. The Balaban J connectivity index is 1.94. The number of rotatable bonds is 3. The van der Waals surface area contributed by atoms with Crippen LogP contribution in [-0.4, -0.2) is 10.9 Å². The quantitative estimate of drug-likeness (QED) is 0.859. The second-order valence-corrected chi connectivity index (χ2v) is 4.00. The summed E-state index contributed by atoms with van der Waals surface area (Å²) in [6.07, 6.45) is 2.04. The number of amides is 1. The van der Waals surface area contributed by atoms with Crippen LogP contribution >= 0.6 is 11.3 Å². The Morgan fingerprint density at radius 3 is 2.80 bits per heavy atom. The molecule has 3 nitrogen and oxygen atoms in total. The number of para-hydroxylation sites is 1. The molecule has 0 unspecified atom stereocenters. The third-order valence-corrected chi connectivity index (χ3v) is 2.63. The normalized spacial score (nSPS) is 9.87. The second-order valence-electron chi connectivity index (χ2n) is 3.02. The Hall–Kier alpha value is -1.68. The topological polar surface area (TPSA) is 42.0 Å². The number of nitrogens with one attached hydrogen (secondary N) is 1. The summed E-state index contributed by atoms with van der Waals surface area (Å²) in [7, 11) is 0. The van der Waals surface area contributed by atoms with Gasteiger partial charge in [-0.2, -0.15) is 0 Å².